The molecule has 1 heterocycles. The fraction of sp³-hybridized carbons (Fsp3) is 0.938. The number of sulfone groups is 1. The van der Waals surface area contributed by atoms with Crippen molar-refractivity contribution in [3.63, 3.8) is 0 Å². The number of methoxy groups -OCH3 is 1. The number of hydrogen-bond acceptors (Lipinski definition) is 5. The second-order valence-electron chi connectivity index (χ2n) is 7.08. The van der Waals surface area contributed by atoms with Crippen LogP contribution in [-0.4, -0.2) is 63.6 Å². The number of ether oxygens (including phenoxy) is 1. The minimum absolute atomic E-state index is 0.0384. The van der Waals surface area contributed by atoms with Gasteiger partial charge in [0.2, 0.25) is 5.91 Å². The Morgan fingerprint density at radius 2 is 2.00 bits per heavy atom. The van der Waals surface area contributed by atoms with Gasteiger partial charge in [-0.05, 0) is 31.2 Å². The third kappa shape index (κ3) is 4.90. The van der Waals surface area contributed by atoms with Crippen molar-refractivity contribution < 1.29 is 17.9 Å². The number of carbonyl (C=O) groups is 1. The van der Waals surface area contributed by atoms with Crippen molar-refractivity contribution in [3.8, 4) is 0 Å². The summed E-state index contributed by atoms with van der Waals surface area (Å²) in [5, 5.41) is 0. The molecule has 0 spiro atoms. The molecule has 1 saturated heterocycles. The van der Waals surface area contributed by atoms with Crippen LogP contribution in [-0.2, 0) is 19.4 Å². The molecular weight excluding hydrogens is 316 g/mol. The first kappa shape index (κ1) is 18.7. The van der Waals surface area contributed by atoms with Crippen molar-refractivity contribution in [1.29, 1.82) is 0 Å². The van der Waals surface area contributed by atoms with E-state index in [2.05, 4.69) is 0 Å². The van der Waals surface area contributed by atoms with Crippen LogP contribution in [0.3, 0.4) is 0 Å². The second kappa shape index (κ2) is 7.94. The molecule has 0 aromatic rings. The molecule has 7 heteroatoms. The first-order chi connectivity index (χ1) is 10.9. The van der Waals surface area contributed by atoms with E-state index in [0.717, 1.165) is 25.7 Å². The molecule has 1 unspecified atom stereocenters. The molecule has 0 aromatic carbocycles. The number of amides is 1. The molecular formula is C16H30N2O4S. The van der Waals surface area contributed by atoms with Crippen LogP contribution in [0.5, 0.6) is 0 Å². The molecule has 1 amide bonds. The maximum atomic E-state index is 12.9. The van der Waals surface area contributed by atoms with Gasteiger partial charge in [0.1, 0.15) is 0 Å². The van der Waals surface area contributed by atoms with Crippen LogP contribution in [0.15, 0.2) is 0 Å². The van der Waals surface area contributed by atoms with Crippen molar-refractivity contribution in [2.45, 2.75) is 51.0 Å². The zero-order valence-electron chi connectivity index (χ0n) is 14.1. The van der Waals surface area contributed by atoms with E-state index in [1.54, 1.807) is 12.0 Å². The Balaban J connectivity index is 2.06. The predicted octanol–water partition coefficient (Wildman–Crippen LogP) is 0.948. The van der Waals surface area contributed by atoms with Gasteiger partial charge in [-0.15, -0.1) is 0 Å². The topological polar surface area (TPSA) is 89.7 Å². The van der Waals surface area contributed by atoms with E-state index in [1.165, 1.54) is 6.42 Å². The molecule has 6 nitrogen and oxygen atoms in total. The lowest BCUT2D eigenvalue weighted by Crippen LogP contribution is -2.46. The van der Waals surface area contributed by atoms with Gasteiger partial charge in [0.25, 0.3) is 0 Å². The molecule has 0 bridgehead atoms. The highest BCUT2D eigenvalue weighted by Crippen LogP contribution is 2.39. The highest BCUT2D eigenvalue weighted by molar-refractivity contribution is 7.91. The number of carbonyl (C=O) groups excluding carboxylic acids is 1. The zero-order chi connectivity index (χ0) is 16.9. The summed E-state index contributed by atoms with van der Waals surface area (Å²) < 4.78 is 28.6. The molecule has 23 heavy (non-hydrogen) atoms. The summed E-state index contributed by atoms with van der Waals surface area (Å²) >= 11 is 0. The van der Waals surface area contributed by atoms with E-state index in [0.29, 0.717) is 32.5 Å². The van der Waals surface area contributed by atoms with Gasteiger partial charge in [0.05, 0.1) is 18.1 Å². The molecule has 0 radical (unpaired) electrons. The van der Waals surface area contributed by atoms with Crippen LogP contribution in [0.2, 0.25) is 0 Å². The minimum atomic E-state index is -3.01. The molecule has 2 fully saturated rings. The third-order valence-electron chi connectivity index (χ3n) is 5.38. The average Bonchev–Trinajstić information content (AvgIpc) is 2.88. The first-order valence-electron chi connectivity index (χ1n) is 8.60. The van der Waals surface area contributed by atoms with Crippen LogP contribution in [0.4, 0.5) is 0 Å². The summed E-state index contributed by atoms with van der Waals surface area (Å²) in [4.78, 5) is 14.6. The van der Waals surface area contributed by atoms with Crippen LogP contribution in [0, 0.1) is 5.41 Å². The highest BCUT2D eigenvalue weighted by Gasteiger charge is 2.38. The van der Waals surface area contributed by atoms with Gasteiger partial charge in [0, 0.05) is 26.1 Å². The van der Waals surface area contributed by atoms with E-state index in [4.69, 9.17) is 10.5 Å². The fourth-order valence-electron chi connectivity index (χ4n) is 3.90. The van der Waals surface area contributed by atoms with E-state index in [-0.39, 0.29) is 28.9 Å². The summed E-state index contributed by atoms with van der Waals surface area (Å²) in [6.07, 6.45) is 6.43. The smallest absolute Gasteiger partial charge is 0.223 e. The van der Waals surface area contributed by atoms with Gasteiger partial charge in [-0.1, -0.05) is 19.3 Å². The van der Waals surface area contributed by atoms with Crippen LogP contribution in [0.25, 0.3) is 0 Å². The number of nitrogens with zero attached hydrogens (tertiary/aromatic N) is 1. The summed E-state index contributed by atoms with van der Waals surface area (Å²) in [5.74, 6) is 0.297. The molecule has 1 saturated carbocycles. The quantitative estimate of drug-likeness (QED) is 0.741. The molecule has 1 atom stereocenters. The standard InChI is InChI=1S/C16H30N2O4S/c1-22-9-8-18(14-5-10-23(20,21)12-14)15(19)11-16(13-17)6-3-2-4-7-16/h14H,2-13,17H2,1H3. The van der Waals surface area contributed by atoms with Gasteiger partial charge in [-0.3, -0.25) is 4.79 Å². The Labute approximate surface area is 139 Å². The lowest BCUT2D eigenvalue weighted by Gasteiger charge is -2.38. The third-order valence-corrected chi connectivity index (χ3v) is 7.13. The number of nitrogens with two attached hydrogens (primary N) is 1. The van der Waals surface area contributed by atoms with Crippen molar-refractivity contribution in [2.24, 2.45) is 11.1 Å². The van der Waals surface area contributed by atoms with Gasteiger partial charge in [-0.25, -0.2) is 8.42 Å². The van der Waals surface area contributed by atoms with Gasteiger partial charge in [-0.2, -0.15) is 0 Å². The molecule has 2 aliphatic rings. The molecule has 2 N–H and O–H groups in total. The van der Waals surface area contributed by atoms with Gasteiger partial charge >= 0.3 is 0 Å². The van der Waals surface area contributed by atoms with Crippen molar-refractivity contribution in [3.05, 3.63) is 0 Å². The molecule has 0 aromatic heterocycles. The van der Waals surface area contributed by atoms with E-state index >= 15 is 0 Å². The average molecular weight is 346 g/mol. The summed E-state index contributed by atoms with van der Waals surface area (Å²) in [6, 6.07) is -0.207. The fourth-order valence-corrected chi connectivity index (χ4v) is 5.63. The molecule has 2 rings (SSSR count). The lowest BCUT2D eigenvalue weighted by atomic mass is 9.71. The molecule has 1 aliphatic heterocycles. The van der Waals surface area contributed by atoms with E-state index in [9.17, 15) is 13.2 Å². The van der Waals surface area contributed by atoms with Crippen molar-refractivity contribution >= 4 is 15.7 Å². The summed E-state index contributed by atoms with van der Waals surface area (Å²) in [6.45, 7) is 1.41. The van der Waals surface area contributed by atoms with Gasteiger partial charge in [0.15, 0.2) is 9.84 Å². The van der Waals surface area contributed by atoms with Crippen LogP contribution < -0.4 is 5.73 Å². The molecule has 1 aliphatic carbocycles. The Hall–Kier alpha value is -0.660. The normalized spacial score (nSPS) is 26.1. The number of rotatable bonds is 7. The SMILES string of the molecule is COCCN(C(=O)CC1(CN)CCCCC1)C1CCS(=O)(=O)C1. The second-order valence-corrected chi connectivity index (χ2v) is 9.31. The largest absolute Gasteiger partial charge is 0.383 e. The summed E-state index contributed by atoms with van der Waals surface area (Å²) in [7, 11) is -1.42. The van der Waals surface area contributed by atoms with Gasteiger partial charge < -0.3 is 15.4 Å². The first-order valence-corrected chi connectivity index (χ1v) is 10.4. The Morgan fingerprint density at radius 1 is 1.30 bits per heavy atom. The van der Waals surface area contributed by atoms with Crippen molar-refractivity contribution in [1.82, 2.24) is 4.90 Å². The Bertz CT molecular complexity index is 500. The maximum absolute atomic E-state index is 12.9. The Morgan fingerprint density at radius 3 is 2.52 bits per heavy atom. The number of hydrogen-bond donors (Lipinski definition) is 1. The predicted molar refractivity (Wildman–Crippen MR) is 89.8 cm³/mol. The Kier molecular flexibility index (Phi) is 6.45. The monoisotopic (exact) mass is 346 g/mol. The van der Waals surface area contributed by atoms with Crippen molar-refractivity contribution in [2.75, 3.05) is 38.3 Å². The van der Waals surface area contributed by atoms with Crippen LogP contribution >= 0.6 is 0 Å². The lowest BCUT2D eigenvalue weighted by molar-refractivity contribution is -0.136. The molecule has 134 valence electrons. The minimum Gasteiger partial charge on any atom is -0.383 e. The highest BCUT2D eigenvalue weighted by atomic mass is 32.2. The van der Waals surface area contributed by atoms with E-state index < -0.39 is 9.84 Å². The maximum Gasteiger partial charge on any atom is 0.223 e. The van der Waals surface area contributed by atoms with Crippen LogP contribution in [0.1, 0.15) is 44.9 Å². The zero-order valence-corrected chi connectivity index (χ0v) is 14.9. The summed E-state index contributed by atoms with van der Waals surface area (Å²) in [5.41, 5.74) is 5.89. The van der Waals surface area contributed by atoms with E-state index in [1.807, 2.05) is 0 Å².